The molecule has 0 radical (unpaired) electrons. The Morgan fingerprint density at radius 3 is 2.81 bits per heavy atom. The van der Waals surface area contributed by atoms with Gasteiger partial charge in [0.1, 0.15) is 5.75 Å². The van der Waals surface area contributed by atoms with Gasteiger partial charge < -0.3 is 15.4 Å². The van der Waals surface area contributed by atoms with E-state index in [1.54, 1.807) is 36.6 Å². The maximum absolute atomic E-state index is 12.2. The van der Waals surface area contributed by atoms with Crippen LogP contribution in [-0.4, -0.2) is 27.5 Å². The lowest BCUT2D eigenvalue weighted by atomic mass is 10.2. The van der Waals surface area contributed by atoms with E-state index in [0.29, 0.717) is 35.8 Å². The average Bonchev–Trinajstić information content (AvgIpc) is 2.58. The number of amides is 2. The standard InChI is InChI=1S/C19H22N4O4/c1-11-9-12(2)23(19(26)20-11)8-4-5-17(24)21-14-6-7-16-15(10-14)22-18(25)13(3)27-16/h6-7,9-10,13H,4-5,8H2,1-3H3,(H,21,24)(H,22,25)/t13-/m1/s1. The van der Waals surface area contributed by atoms with Crippen molar-refractivity contribution in [3.63, 3.8) is 0 Å². The minimum atomic E-state index is -0.541. The Morgan fingerprint density at radius 1 is 1.30 bits per heavy atom. The van der Waals surface area contributed by atoms with E-state index in [1.165, 1.54) is 0 Å². The first-order chi connectivity index (χ1) is 12.8. The summed E-state index contributed by atoms with van der Waals surface area (Å²) in [7, 11) is 0. The minimum Gasteiger partial charge on any atom is -0.479 e. The molecule has 3 rings (SSSR count). The van der Waals surface area contributed by atoms with Crippen LogP contribution in [0, 0.1) is 13.8 Å². The van der Waals surface area contributed by atoms with Crippen molar-refractivity contribution in [2.45, 2.75) is 46.3 Å². The van der Waals surface area contributed by atoms with Gasteiger partial charge in [-0.05, 0) is 51.5 Å². The van der Waals surface area contributed by atoms with Crippen molar-refractivity contribution < 1.29 is 14.3 Å². The normalized spacial score (nSPS) is 15.5. The second-order valence-corrected chi connectivity index (χ2v) is 6.59. The van der Waals surface area contributed by atoms with Gasteiger partial charge >= 0.3 is 5.69 Å². The number of aryl methyl sites for hydroxylation is 2. The van der Waals surface area contributed by atoms with E-state index in [0.717, 1.165) is 5.69 Å². The van der Waals surface area contributed by atoms with Crippen LogP contribution in [0.1, 0.15) is 31.2 Å². The zero-order chi connectivity index (χ0) is 19.6. The van der Waals surface area contributed by atoms with Gasteiger partial charge in [0.25, 0.3) is 5.91 Å². The van der Waals surface area contributed by atoms with Crippen molar-refractivity contribution in [1.29, 1.82) is 0 Å². The van der Waals surface area contributed by atoms with Gasteiger partial charge in [0, 0.05) is 30.0 Å². The molecule has 8 heteroatoms. The largest absolute Gasteiger partial charge is 0.479 e. The number of anilines is 2. The number of ether oxygens (including phenoxy) is 1. The van der Waals surface area contributed by atoms with Crippen LogP contribution in [0.5, 0.6) is 5.75 Å². The second-order valence-electron chi connectivity index (χ2n) is 6.59. The molecule has 1 aliphatic heterocycles. The van der Waals surface area contributed by atoms with Crippen molar-refractivity contribution >= 4 is 23.2 Å². The molecule has 27 heavy (non-hydrogen) atoms. The van der Waals surface area contributed by atoms with Gasteiger partial charge in [-0.3, -0.25) is 14.2 Å². The maximum atomic E-state index is 12.2. The lowest BCUT2D eigenvalue weighted by molar-refractivity contribution is -0.122. The number of carbonyl (C=O) groups is 2. The fraction of sp³-hybridized carbons (Fsp3) is 0.368. The molecule has 2 aromatic rings. The monoisotopic (exact) mass is 370 g/mol. The molecule has 1 aromatic heterocycles. The van der Waals surface area contributed by atoms with Crippen molar-refractivity contribution in [3.05, 3.63) is 46.1 Å². The number of rotatable bonds is 5. The summed E-state index contributed by atoms with van der Waals surface area (Å²) in [6, 6.07) is 6.93. The summed E-state index contributed by atoms with van der Waals surface area (Å²) in [6.45, 7) is 5.72. The van der Waals surface area contributed by atoms with Crippen LogP contribution < -0.4 is 21.1 Å². The van der Waals surface area contributed by atoms with Crippen molar-refractivity contribution in [2.75, 3.05) is 10.6 Å². The molecule has 0 spiro atoms. The fourth-order valence-corrected chi connectivity index (χ4v) is 2.95. The zero-order valence-electron chi connectivity index (χ0n) is 15.5. The van der Waals surface area contributed by atoms with Crippen molar-refractivity contribution in [3.8, 4) is 5.75 Å². The topological polar surface area (TPSA) is 102 Å². The van der Waals surface area contributed by atoms with Gasteiger partial charge in [0.15, 0.2) is 6.10 Å². The summed E-state index contributed by atoms with van der Waals surface area (Å²) in [5.74, 6) is 0.178. The molecule has 0 bridgehead atoms. The third-order valence-electron chi connectivity index (χ3n) is 4.33. The highest BCUT2D eigenvalue weighted by Gasteiger charge is 2.23. The van der Waals surface area contributed by atoms with Gasteiger partial charge in [-0.2, -0.15) is 4.98 Å². The van der Waals surface area contributed by atoms with Crippen LogP contribution in [-0.2, 0) is 16.1 Å². The molecule has 2 amide bonds. The summed E-state index contributed by atoms with van der Waals surface area (Å²) < 4.78 is 7.05. The van der Waals surface area contributed by atoms with Crippen molar-refractivity contribution in [1.82, 2.24) is 9.55 Å². The number of hydrogen-bond acceptors (Lipinski definition) is 5. The number of carbonyl (C=O) groups excluding carboxylic acids is 2. The number of hydrogen-bond donors (Lipinski definition) is 2. The molecule has 0 saturated carbocycles. The lowest BCUT2D eigenvalue weighted by Gasteiger charge is -2.23. The Hall–Kier alpha value is -3.16. The van der Waals surface area contributed by atoms with Gasteiger partial charge in [0.05, 0.1) is 5.69 Å². The molecule has 1 aliphatic rings. The summed E-state index contributed by atoms with van der Waals surface area (Å²) in [5.41, 5.74) is 2.32. The van der Waals surface area contributed by atoms with Crippen LogP contribution in [0.3, 0.4) is 0 Å². The third-order valence-corrected chi connectivity index (χ3v) is 4.33. The van der Waals surface area contributed by atoms with E-state index in [9.17, 15) is 14.4 Å². The van der Waals surface area contributed by atoms with Gasteiger partial charge in [-0.1, -0.05) is 0 Å². The lowest BCUT2D eigenvalue weighted by Crippen LogP contribution is -2.34. The average molecular weight is 370 g/mol. The molecule has 0 unspecified atom stereocenters. The van der Waals surface area contributed by atoms with Crippen molar-refractivity contribution in [2.24, 2.45) is 0 Å². The molecule has 0 aliphatic carbocycles. The molecule has 142 valence electrons. The first-order valence-electron chi connectivity index (χ1n) is 8.80. The predicted octanol–water partition coefficient (Wildman–Crippen LogP) is 2.00. The van der Waals surface area contributed by atoms with Crippen LogP contribution >= 0.6 is 0 Å². The smallest absolute Gasteiger partial charge is 0.347 e. The van der Waals surface area contributed by atoms with Crippen LogP contribution in [0.4, 0.5) is 11.4 Å². The summed E-state index contributed by atoms with van der Waals surface area (Å²) in [6.07, 6.45) is 0.233. The molecule has 2 heterocycles. The fourth-order valence-electron chi connectivity index (χ4n) is 2.95. The summed E-state index contributed by atoms with van der Waals surface area (Å²) >= 11 is 0. The maximum Gasteiger partial charge on any atom is 0.347 e. The number of aromatic nitrogens is 2. The Morgan fingerprint density at radius 2 is 2.07 bits per heavy atom. The number of nitrogens with zero attached hydrogens (tertiary/aromatic N) is 2. The Balaban J connectivity index is 1.57. The number of benzene rings is 1. The quantitative estimate of drug-likeness (QED) is 0.838. The summed E-state index contributed by atoms with van der Waals surface area (Å²) in [4.78, 5) is 39.7. The SMILES string of the molecule is Cc1cc(C)n(CCCC(=O)Nc2ccc3c(c2)NC(=O)[C@@H](C)O3)c(=O)n1. The molecule has 2 N–H and O–H groups in total. The van der Waals surface area contributed by atoms with E-state index in [2.05, 4.69) is 15.6 Å². The second kappa shape index (κ2) is 7.61. The van der Waals surface area contributed by atoms with Gasteiger partial charge in [0.2, 0.25) is 5.91 Å². The molecule has 1 aromatic carbocycles. The Labute approximate surface area is 156 Å². The number of fused-ring (bicyclic) bond motifs is 1. The Bertz CT molecular complexity index is 951. The highest BCUT2D eigenvalue weighted by atomic mass is 16.5. The van der Waals surface area contributed by atoms with E-state index in [1.807, 2.05) is 13.0 Å². The van der Waals surface area contributed by atoms with E-state index >= 15 is 0 Å². The van der Waals surface area contributed by atoms with E-state index in [-0.39, 0.29) is 23.9 Å². The highest BCUT2D eigenvalue weighted by Crippen LogP contribution is 2.32. The Kier molecular flexibility index (Phi) is 5.25. The van der Waals surface area contributed by atoms with Crippen LogP contribution in [0.2, 0.25) is 0 Å². The zero-order valence-corrected chi connectivity index (χ0v) is 15.5. The molecular weight excluding hydrogens is 348 g/mol. The van der Waals surface area contributed by atoms with Gasteiger partial charge in [-0.25, -0.2) is 4.79 Å². The third kappa shape index (κ3) is 4.33. The highest BCUT2D eigenvalue weighted by molar-refractivity contribution is 5.99. The van der Waals surface area contributed by atoms with Gasteiger partial charge in [-0.15, -0.1) is 0 Å². The molecule has 0 fully saturated rings. The first-order valence-corrected chi connectivity index (χ1v) is 8.80. The number of nitrogens with one attached hydrogen (secondary N) is 2. The first kappa shape index (κ1) is 18.6. The van der Waals surface area contributed by atoms with E-state index < -0.39 is 6.10 Å². The molecular formula is C19H22N4O4. The van der Waals surface area contributed by atoms with Crippen LogP contribution in [0.15, 0.2) is 29.1 Å². The molecule has 0 saturated heterocycles. The van der Waals surface area contributed by atoms with E-state index in [4.69, 9.17) is 4.74 Å². The molecule has 8 nitrogen and oxygen atoms in total. The summed E-state index contributed by atoms with van der Waals surface area (Å²) in [5, 5.41) is 5.54. The minimum absolute atomic E-state index is 0.169. The predicted molar refractivity (Wildman–Crippen MR) is 101 cm³/mol. The van der Waals surface area contributed by atoms with Crippen LogP contribution in [0.25, 0.3) is 0 Å². The molecule has 1 atom stereocenters.